The number of rotatable bonds is 15. The first-order valence-corrected chi connectivity index (χ1v) is 16.0. The van der Waals surface area contributed by atoms with Crippen LogP contribution < -0.4 is 10.2 Å². The molecule has 2 aromatic rings. The number of para-hydroxylation sites is 1. The van der Waals surface area contributed by atoms with Crippen LogP contribution in [0.15, 0.2) is 79.9 Å². The van der Waals surface area contributed by atoms with E-state index in [9.17, 15) is 24.3 Å². The lowest BCUT2D eigenvalue weighted by molar-refractivity contribution is -0.160. The van der Waals surface area contributed by atoms with Crippen LogP contribution in [0.1, 0.15) is 43.8 Å². The van der Waals surface area contributed by atoms with Gasteiger partial charge >= 0.3 is 5.97 Å². The number of ether oxygens (including phenoxy) is 2. The number of fused-ring (bicyclic) bond motifs is 1. The lowest BCUT2D eigenvalue weighted by Crippen LogP contribution is -2.56. The van der Waals surface area contributed by atoms with Gasteiger partial charge in [-0.25, -0.2) is 0 Å². The number of carbonyl (C=O) groups is 4. The summed E-state index contributed by atoms with van der Waals surface area (Å²) >= 11 is 6.51. The van der Waals surface area contributed by atoms with Gasteiger partial charge in [0.1, 0.15) is 17.7 Å². The van der Waals surface area contributed by atoms with E-state index in [1.165, 1.54) is 9.80 Å². The Morgan fingerprint density at radius 3 is 2.59 bits per heavy atom. The minimum atomic E-state index is -1.26. The first-order chi connectivity index (χ1) is 22.3. The summed E-state index contributed by atoms with van der Waals surface area (Å²) in [6.07, 6.45) is 3.69. The van der Waals surface area contributed by atoms with E-state index in [4.69, 9.17) is 21.1 Å². The normalized spacial score (nSPS) is 25.1. The zero-order valence-corrected chi connectivity index (χ0v) is 26.4. The number of aliphatic hydroxyl groups excluding tert-OH is 1. The van der Waals surface area contributed by atoms with Crippen LogP contribution in [0.3, 0.4) is 0 Å². The summed E-state index contributed by atoms with van der Waals surface area (Å²) in [6, 6.07) is 15.0. The number of nitrogens with one attached hydrogen (secondary N) is 1. The molecule has 0 radical (unpaired) electrons. The lowest BCUT2D eigenvalue weighted by atomic mass is 9.70. The maximum Gasteiger partial charge on any atom is 0.313 e. The molecule has 2 aromatic carbocycles. The number of nitrogens with zero attached hydrogens (tertiary/aromatic N) is 2. The Morgan fingerprint density at radius 1 is 1.15 bits per heavy atom. The molecule has 0 aromatic heterocycles. The largest absolute Gasteiger partial charge is 0.455 e. The number of anilines is 1. The summed E-state index contributed by atoms with van der Waals surface area (Å²) in [6.45, 7) is 7.56. The molecule has 3 saturated heterocycles. The molecule has 2 N–H and O–H groups in total. The number of likely N-dealkylation sites (tertiary alicyclic amines) is 1. The summed E-state index contributed by atoms with van der Waals surface area (Å²) in [5.74, 6) is -3.52. The lowest BCUT2D eigenvalue weighted by Gasteiger charge is -2.37. The molecule has 10 nitrogen and oxygen atoms in total. The molecule has 244 valence electrons. The Labute approximate surface area is 274 Å². The van der Waals surface area contributed by atoms with Crippen LogP contribution >= 0.6 is 11.6 Å². The highest BCUT2D eigenvalue weighted by Crippen LogP contribution is 2.59. The Morgan fingerprint density at radius 2 is 1.89 bits per heavy atom. The predicted octanol–water partition coefficient (Wildman–Crippen LogP) is 3.98. The fourth-order valence-electron chi connectivity index (χ4n) is 7.08. The summed E-state index contributed by atoms with van der Waals surface area (Å²) in [5, 5.41) is 12.9. The van der Waals surface area contributed by atoms with Gasteiger partial charge in [0.2, 0.25) is 11.8 Å². The molecule has 5 rings (SSSR count). The monoisotopic (exact) mass is 649 g/mol. The molecule has 2 bridgehead atoms. The fraction of sp³-hybridized carbons (Fsp3) is 0.429. The van der Waals surface area contributed by atoms with Crippen LogP contribution in [-0.4, -0.2) is 77.7 Å². The van der Waals surface area contributed by atoms with E-state index in [0.717, 1.165) is 0 Å². The molecule has 3 fully saturated rings. The highest BCUT2D eigenvalue weighted by Gasteiger charge is 2.75. The number of halogens is 1. The van der Waals surface area contributed by atoms with E-state index in [1.807, 2.05) is 30.3 Å². The third kappa shape index (κ3) is 6.34. The van der Waals surface area contributed by atoms with Crippen molar-refractivity contribution in [3.63, 3.8) is 0 Å². The van der Waals surface area contributed by atoms with Crippen molar-refractivity contribution in [3.05, 3.63) is 90.5 Å². The number of hydrogen-bond acceptors (Lipinski definition) is 7. The summed E-state index contributed by atoms with van der Waals surface area (Å²) in [7, 11) is 0. The van der Waals surface area contributed by atoms with Crippen molar-refractivity contribution in [2.24, 2.45) is 11.8 Å². The highest BCUT2D eigenvalue weighted by molar-refractivity contribution is 6.34. The number of amides is 3. The van der Waals surface area contributed by atoms with Gasteiger partial charge in [0.05, 0.1) is 35.2 Å². The van der Waals surface area contributed by atoms with Gasteiger partial charge in [-0.1, -0.05) is 66.2 Å². The molecule has 3 aliphatic heterocycles. The number of hydrogen-bond donors (Lipinski definition) is 2. The maximum atomic E-state index is 14.5. The second-order valence-corrected chi connectivity index (χ2v) is 12.2. The maximum absolute atomic E-state index is 14.5. The van der Waals surface area contributed by atoms with Crippen molar-refractivity contribution in [1.82, 2.24) is 10.2 Å². The molecule has 1 spiro atoms. The highest BCUT2D eigenvalue weighted by atomic mass is 35.5. The van der Waals surface area contributed by atoms with Gasteiger partial charge in [0.15, 0.2) is 0 Å². The Kier molecular flexibility index (Phi) is 10.6. The van der Waals surface area contributed by atoms with E-state index in [1.54, 1.807) is 36.4 Å². The average Bonchev–Trinajstić information content (AvgIpc) is 3.71. The van der Waals surface area contributed by atoms with Crippen LogP contribution in [-0.2, 0) is 28.7 Å². The Balaban J connectivity index is 1.45. The summed E-state index contributed by atoms with van der Waals surface area (Å²) < 4.78 is 12.6. The van der Waals surface area contributed by atoms with Gasteiger partial charge in [-0.05, 0) is 43.4 Å². The van der Waals surface area contributed by atoms with Gasteiger partial charge in [-0.3, -0.25) is 19.2 Å². The second-order valence-electron chi connectivity index (χ2n) is 11.8. The van der Waals surface area contributed by atoms with Crippen molar-refractivity contribution in [2.45, 2.75) is 56.0 Å². The van der Waals surface area contributed by atoms with Gasteiger partial charge in [-0.15, -0.1) is 13.2 Å². The van der Waals surface area contributed by atoms with Crippen LogP contribution in [0.2, 0.25) is 5.02 Å². The van der Waals surface area contributed by atoms with Crippen molar-refractivity contribution >= 4 is 41.0 Å². The summed E-state index contributed by atoms with van der Waals surface area (Å²) in [4.78, 5) is 58.1. The van der Waals surface area contributed by atoms with Crippen molar-refractivity contribution in [2.75, 3.05) is 31.1 Å². The smallest absolute Gasteiger partial charge is 0.313 e. The first-order valence-electron chi connectivity index (χ1n) is 15.7. The fourth-order valence-corrected chi connectivity index (χ4v) is 7.32. The third-order valence-corrected chi connectivity index (χ3v) is 9.39. The molecule has 0 aliphatic carbocycles. The molecule has 0 unspecified atom stereocenters. The standard InChI is InChI=1S/C35H40ClN3O7/c1-3-5-16-28(41)37-22-27(23-12-7-6-8-13-23)45-34(44)29-26-17-18-35(46-26)30(29)32(42)39(20-11-21-40)31(35)33(43)38(19-4-2)25-15-10-9-14-24(25)36/h3-4,6-10,12-15,26-27,29-31,40H,1-2,5,11,16-22H2,(H,37,41)/t26-,27-,29+,30+,31-,35+/m1/s1. The molecular weight excluding hydrogens is 610 g/mol. The van der Waals surface area contributed by atoms with Gasteiger partial charge in [-0.2, -0.15) is 0 Å². The van der Waals surface area contributed by atoms with E-state index < -0.39 is 47.6 Å². The molecule has 3 aliphatic rings. The minimum absolute atomic E-state index is 0.0474. The molecule has 46 heavy (non-hydrogen) atoms. The second kappa shape index (κ2) is 14.6. The zero-order chi connectivity index (χ0) is 32.8. The zero-order valence-electron chi connectivity index (χ0n) is 25.7. The van der Waals surface area contributed by atoms with E-state index in [-0.39, 0.29) is 50.9 Å². The Bertz CT molecular complexity index is 1470. The van der Waals surface area contributed by atoms with Crippen molar-refractivity contribution in [3.8, 4) is 0 Å². The predicted molar refractivity (Wildman–Crippen MR) is 173 cm³/mol. The van der Waals surface area contributed by atoms with Crippen LogP contribution in [0.4, 0.5) is 5.69 Å². The third-order valence-electron chi connectivity index (χ3n) is 9.07. The quantitative estimate of drug-likeness (QED) is 0.221. The number of benzene rings is 2. The number of carbonyl (C=O) groups excluding carboxylic acids is 4. The van der Waals surface area contributed by atoms with Crippen molar-refractivity contribution < 1.29 is 33.8 Å². The van der Waals surface area contributed by atoms with E-state index >= 15 is 0 Å². The molecule has 6 atom stereocenters. The number of allylic oxidation sites excluding steroid dienone is 1. The Hall–Kier alpha value is -3.99. The molecule has 3 amide bonds. The van der Waals surface area contributed by atoms with Gasteiger partial charge in [0.25, 0.3) is 5.91 Å². The van der Waals surface area contributed by atoms with Gasteiger partial charge in [0, 0.05) is 26.1 Å². The van der Waals surface area contributed by atoms with Crippen LogP contribution in [0, 0.1) is 11.8 Å². The molecule has 3 heterocycles. The molecule has 11 heteroatoms. The molecule has 0 saturated carbocycles. The van der Waals surface area contributed by atoms with Gasteiger partial charge < -0.3 is 29.7 Å². The summed E-state index contributed by atoms with van der Waals surface area (Å²) in [5.41, 5.74) is -0.110. The average molecular weight is 650 g/mol. The SMILES string of the molecule is C=CCCC(=O)NC[C@@H](OC(=O)[C@@H]1[C@H]2C(=O)N(CCCO)[C@H](C(=O)N(CC=C)c3ccccc3Cl)[C@]23CC[C@H]1O3)c1ccccc1. The van der Waals surface area contributed by atoms with Crippen LogP contribution in [0.5, 0.6) is 0 Å². The number of esters is 1. The topological polar surface area (TPSA) is 125 Å². The number of aliphatic hydroxyl groups is 1. The van der Waals surface area contributed by atoms with Crippen molar-refractivity contribution in [1.29, 1.82) is 0 Å². The molecular formula is C35H40ClN3O7. The van der Waals surface area contributed by atoms with E-state index in [0.29, 0.717) is 35.5 Å². The first kappa shape index (κ1) is 33.4. The van der Waals surface area contributed by atoms with E-state index in [2.05, 4.69) is 18.5 Å². The van der Waals surface area contributed by atoms with Crippen LogP contribution in [0.25, 0.3) is 0 Å². The minimum Gasteiger partial charge on any atom is -0.455 e.